The fourth-order valence-electron chi connectivity index (χ4n) is 1.86. The lowest BCUT2D eigenvalue weighted by Crippen LogP contribution is -2.14. The second-order valence-corrected chi connectivity index (χ2v) is 4.03. The van der Waals surface area contributed by atoms with Gasteiger partial charge in [-0.25, -0.2) is 0 Å². The molecule has 0 atom stereocenters. The van der Waals surface area contributed by atoms with E-state index in [9.17, 15) is 5.11 Å². The van der Waals surface area contributed by atoms with E-state index in [1.807, 2.05) is 6.07 Å². The van der Waals surface area contributed by atoms with Crippen LogP contribution in [-0.2, 0) is 4.74 Å². The predicted octanol–water partition coefficient (Wildman–Crippen LogP) is 2.94. The molecule has 2 nitrogen and oxygen atoms in total. The van der Waals surface area contributed by atoms with Crippen LogP contribution in [0.1, 0.15) is 24.3 Å². The molecule has 1 aliphatic heterocycles. The largest absolute Gasteiger partial charge is 0.508 e. The first-order chi connectivity index (χ1) is 6.77. The fraction of sp³-hybridized carbons (Fsp3) is 0.455. The number of hydrogen-bond acceptors (Lipinski definition) is 2. The molecule has 1 N–H and O–H groups in total. The van der Waals surface area contributed by atoms with Gasteiger partial charge in [0.05, 0.1) is 0 Å². The van der Waals surface area contributed by atoms with Crippen LogP contribution in [0.5, 0.6) is 5.75 Å². The first-order valence-corrected chi connectivity index (χ1v) is 5.21. The number of halogens is 1. The van der Waals surface area contributed by atoms with Gasteiger partial charge >= 0.3 is 0 Å². The Kier molecular flexibility index (Phi) is 2.94. The van der Waals surface area contributed by atoms with Gasteiger partial charge in [0.2, 0.25) is 0 Å². The summed E-state index contributed by atoms with van der Waals surface area (Å²) in [7, 11) is 0. The molecule has 1 aliphatic rings. The maximum Gasteiger partial charge on any atom is 0.119 e. The van der Waals surface area contributed by atoms with Crippen molar-refractivity contribution in [2.24, 2.45) is 0 Å². The average Bonchev–Trinajstić information content (AvgIpc) is 2.23. The van der Waals surface area contributed by atoms with Crippen LogP contribution >= 0.6 is 11.6 Å². The van der Waals surface area contributed by atoms with Gasteiger partial charge in [-0.2, -0.15) is 0 Å². The van der Waals surface area contributed by atoms with Crippen molar-refractivity contribution in [1.82, 2.24) is 0 Å². The summed E-state index contributed by atoms with van der Waals surface area (Å²) in [5, 5.41) is 10.4. The van der Waals surface area contributed by atoms with E-state index >= 15 is 0 Å². The monoisotopic (exact) mass is 212 g/mol. The zero-order chi connectivity index (χ0) is 9.97. The van der Waals surface area contributed by atoms with Crippen LogP contribution in [0, 0.1) is 0 Å². The smallest absolute Gasteiger partial charge is 0.119 e. The molecule has 1 aromatic carbocycles. The maximum absolute atomic E-state index is 9.69. The summed E-state index contributed by atoms with van der Waals surface area (Å²) >= 11 is 5.89. The second kappa shape index (κ2) is 4.20. The third-order valence-corrected chi connectivity index (χ3v) is 2.89. The molecule has 0 aromatic heterocycles. The molecule has 0 saturated carbocycles. The molecule has 1 aromatic rings. The molecular formula is C11H13ClO2. The average molecular weight is 213 g/mol. The van der Waals surface area contributed by atoms with Crippen LogP contribution in [-0.4, -0.2) is 18.3 Å². The zero-order valence-corrected chi connectivity index (χ0v) is 8.63. The number of aromatic hydroxyl groups is 1. The first kappa shape index (κ1) is 9.81. The minimum Gasteiger partial charge on any atom is -0.508 e. The zero-order valence-electron chi connectivity index (χ0n) is 7.87. The van der Waals surface area contributed by atoms with Gasteiger partial charge in [0.15, 0.2) is 0 Å². The molecule has 0 spiro atoms. The van der Waals surface area contributed by atoms with E-state index in [1.165, 1.54) is 0 Å². The number of rotatable bonds is 1. The Balaban J connectivity index is 2.24. The van der Waals surface area contributed by atoms with Crippen molar-refractivity contribution in [3.05, 3.63) is 28.8 Å². The number of hydrogen-bond donors (Lipinski definition) is 1. The van der Waals surface area contributed by atoms with E-state index in [0.717, 1.165) is 31.6 Å². The standard InChI is InChI=1S/C11H13ClO2/c12-9-1-2-11(13)10(7-9)8-3-5-14-6-4-8/h1-2,7-8,13H,3-6H2. The highest BCUT2D eigenvalue weighted by molar-refractivity contribution is 6.30. The van der Waals surface area contributed by atoms with E-state index in [2.05, 4.69) is 0 Å². The minimum absolute atomic E-state index is 0.348. The lowest BCUT2D eigenvalue weighted by Gasteiger charge is -2.23. The van der Waals surface area contributed by atoms with Crippen LogP contribution in [0.2, 0.25) is 5.02 Å². The van der Waals surface area contributed by atoms with Gasteiger partial charge in [-0.3, -0.25) is 0 Å². The lowest BCUT2D eigenvalue weighted by molar-refractivity contribution is 0.0848. The van der Waals surface area contributed by atoms with Crippen LogP contribution in [0.15, 0.2) is 18.2 Å². The summed E-state index contributed by atoms with van der Waals surface area (Å²) in [6.07, 6.45) is 1.93. The summed E-state index contributed by atoms with van der Waals surface area (Å²) in [5.74, 6) is 0.740. The topological polar surface area (TPSA) is 29.5 Å². The van der Waals surface area contributed by atoms with Gasteiger partial charge in [-0.15, -0.1) is 0 Å². The number of phenols is 1. The van der Waals surface area contributed by atoms with Gasteiger partial charge in [0.25, 0.3) is 0 Å². The maximum atomic E-state index is 9.69. The van der Waals surface area contributed by atoms with Gasteiger partial charge in [0.1, 0.15) is 5.75 Å². The SMILES string of the molecule is Oc1ccc(Cl)cc1C1CCOCC1. The molecule has 14 heavy (non-hydrogen) atoms. The highest BCUT2D eigenvalue weighted by atomic mass is 35.5. The number of benzene rings is 1. The highest BCUT2D eigenvalue weighted by Gasteiger charge is 2.18. The predicted molar refractivity (Wildman–Crippen MR) is 55.9 cm³/mol. The van der Waals surface area contributed by atoms with Crippen molar-refractivity contribution in [3.63, 3.8) is 0 Å². The van der Waals surface area contributed by atoms with E-state index in [0.29, 0.717) is 16.7 Å². The molecule has 76 valence electrons. The molecule has 1 heterocycles. The third-order valence-electron chi connectivity index (χ3n) is 2.65. The fourth-order valence-corrected chi connectivity index (χ4v) is 2.04. The molecule has 0 bridgehead atoms. The van der Waals surface area contributed by atoms with Crippen molar-refractivity contribution in [2.45, 2.75) is 18.8 Å². The Labute approximate surface area is 88.5 Å². The molecule has 0 unspecified atom stereocenters. The normalized spacial score (nSPS) is 18.4. The lowest BCUT2D eigenvalue weighted by atomic mass is 9.91. The minimum atomic E-state index is 0.348. The van der Waals surface area contributed by atoms with Gasteiger partial charge in [-0.1, -0.05) is 11.6 Å². The Hall–Kier alpha value is -0.730. The Morgan fingerprint density at radius 2 is 2.00 bits per heavy atom. The molecule has 1 fully saturated rings. The molecule has 0 amide bonds. The van der Waals surface area contributed by atoms with Crippen molar-refractivity contribution in [3.8, 4) is 5.75 Å². The van der Waals surface area contributed by atoms with Crippen molar-refractivity contribution in [1.29, 1.82) is 0 Å². The molecule has 0 radical (unpaired) electrons. The van der Waals surface area contributed by atoms with Gasteiger partial charge in [0, 0.05) is 18.2 Å². The Bertz CT molecular complexity index is 319. The van der Waals surface area contributed by atoms with Crippen molar-refractivity contribution >= 4 is 11.6 Å². The van der Waals surface area contributed by atoms with Crippen molar-refractivity contribution in [2.75, 3.05) is 13.2 Å². The number of phenolic OH excluding ortho intramolecular Hbond substituents is 1. The quantitative estimate of drug-likeness (QED) is 0.776. The van der Waals surface area contributed by atoms with Crippen molar-refractivity contribution < 1.29 is 9.84 Å². The van der Waals surface area contributed by atoms with Crippen LogP contribution in [0.4, 0.5) is 0 Å². The van der Waals surface area contributed by atoms with Crippen LogP contribution in [0.25, 0.3) is 0 Å². The third kappa shape index (κ3) is 2.02. The molecule has 0 aliphatic carbocycles. The molecule has 3 heteroatoms. The molecule has 2 rings (SSSR count). The summed E-state index contributed by atoms with van der Waals surface area (Å²) in [6.45, 7) is 1.55. The summed E-state index contributed by atoms with van der Waals surface area (Å²) in [4.78, 5) is 0. The second-order valence-electron chi connectivity index (χ2n) is 3.59. The first-order valence-electron chi connectivity index (χ1n) is 4.83. The highest BCUT2D eigenvalue weighted by Crippen LogP contribution is 2.34. The van der Waals surface area contributed by atoms with E-state index in [-0.39, 0.29) is 0 Å². The van der Waals surface area contributed by atoms with Crippen LogP contribution in [0.3, 0.4) is 0 Å². The Morgan fingerprint density at radius 3 is 2.71 bits per heavy atom. The Morgan fingerprint density at radius 1 is 1.29 bits per heavy atom. The molecular weight excluding hydrogens is 200 g/mol. The number of ether oxygens (including phenoxy) is 1. The van der Waals surface area contributed by atoms with Gasteiger partial charge < -0.3 is 9.84 Å². The van der Waals surface area contributed by atoms with Crippen LogP contribution < -0.4 is 0 Å². The summed E-state index contributed by atoms with van der Waals surface area (Å²) < 4.78 is 5.28. The van der Waals surface area contributed by atoms with E-state index in [1.54, 1.807) is 12.1 Å². The molecule has 1 saturated heterocycles. The van der Waals surface area contributed by atoms with E-state index in [4.69, 9.17) is 16.3 Å². The summed E-state index contributed by atoms with van der Waals surface area (Å²) in [6, 6.07) is 5.22. The van der Waals surface area contributed by atoms with E-state index < -0.39 is 0 Å². The summed E-state index contributed by atoms with van der Waals surface area (Å²) in [5.41, 5.74) is 0.959. The van der Waals surface area contributed by atoms with Gasteiger partial charge in [-0.05, 0) is 42.5 Å².